The molecule has 2 aliphatic rings. The smallest absolute Gasteiger partial charge is 0.413 e. The van der Waals surface area contributed by atoms with E-state index in [4.69, 9.17) is 9.47 Å². The molecule has 1 aromatic heterocycles. The molecule has 0 bridgehead atoms. The third kappa shape index (κ3) is 5.05. The number of alkyl carbamates (subject to hydrolysis) is 1. The van der Waals surface area contributed by atoms with Gasteiger partial charge in [0.1, 0.15) is 11.4 Å². The number of nitrogens with one attached hydrogen (secondary N) is 2. The van der Waals surface area contributed by atoms with Gasteiger partial charge in [0.25, 0.3) is 5.91 Å². The van der Waals surface area contributed by atoms with E-state index in [1.807, 2.05) is 0 Å². The van der Waals surface area contributed by atoms with E-state index in [9.17, 15) is 14.0 Å². The normalized spacial score (nSPS) is 21.9. The highest BCUT2D eigenvalue weighted by Gasteiger charge is 2.50. The molecule has 2 aromatic rings. The maximum Gasteiger partial charge on any atom is 0.413 e. The molecule has 0 radical (unpaired) electrons. The van der Waals surface area contributed by atoms with Crippen LogP contribution in [-0.2, 0) is 15.2 Å². The number of aromatic nitrogens is 1. The van der Waals surface area contributed by atoms with Gasteiger partial charge in [-0.15, -0.1) is 0 Å². The first kappa shape index (κ1) is 24.1. The van der Waals surface area contributed by atoms with Gasteiger partial charge in [-0.25, -0.2) is 23.6 Å². The number of rotatable bonds is 3. The third-order valence-corrected chi connectivity index (χ3v) is 6.26. The van der Waals surface area contributed by atoms with Gasteiger partial charge < -0.3 is 14.8 Å². The van der Waals surface area contributed by atoms with E-state index in [0.29, 0.717) is 18.8 Å². The lowest BCUT2D eigenvalue weighted by Gasteiger charge is -2.35. The fourth-order valence-corrected chi connectivity index (χ4v) is 4.89. The summed E-state index contributed by atoms with van der Waals surface area (Å²) in [5.41, 5.74) is -2.11. The van der Waals surface area contributed by atoms with Crippen molar-refractivity contribution in [2.45, 2.75) is 38.5 Å². The highest BCUT2D eigenvalue weighted by molar-refractivity contribution is 8.13. The molecule has 1 saturated heterocycles. The molecule has 2 N–H and O–H groups in total. The maximum absolute atomic E-state index is 15.1. The summed E-state index contributed by atoms with van der Waals surface area (Å²) < 4.78 is 40.3. The number of aliphatic imine (C=N–C) groups is 1. The molecule has 1 fully saturated rings. The Morgan fingerprint density at radius 2 is 2.00 bits per heavy atom. The number of amides is 2. The maximum atomic E-state index is 15.1. The number of anilines is 1. The topological polar surface area (TPSA) is 102 Å². The van der Waals surface area contributed by atoms with Crippen LogP contribution in [0.1, 0.15) is 43.2 Å². The van der Waals surface area contributed by atoms with Crippen molar-refractivity contribution in [3.8, 4) is 0 Å². The van der Waals surface area contributed by atoms with Crippen molar-refractivity contribution in [2.24, 2.45) is 10.9 Å². The number of carbonyl (C=O) groups excluding carboxylic acids is 2. The van der Waals surface area contributed by atoms with E-state index >= 15 is 4.39 Å². The Labute approximate surface area is 199 Å². The van der Waals surface area contributed by atoms with Crippen molar-refractivity contribution >= 4 is 34.6 Å². The number of carbonyl (C=O) groups is 2. The fraction of sp³-hybridized carbons (Fsp3) is 0.391. The van der Waals surface area contributed by atoms with Crippen LogP contribution in [0.4, 0.5) is 19.3 Å². The number of halogens is 2. The molecular formula is C23H24F2N4O4S. The van der Waals surface area contributed by atoms with E-state index in [1.54, 1.807) is 20.8 Å². The summed E-state index contributed by atoms with van der Waals surface area (Å²) >= 11 is 1.32. The van der Waals surface area contributed by atoms with Crippen LogP contribution >= 0.6 is 11.8 Å². The number of hydrogen-bond acceptors (Lipinski definition) is 7. The Balaban J connectivity index is 1.64. The van der Waals surface area contributed by atoms with E-state index in [1.165, 1.54) is 42.2 Å². The average Bonchev–Trinajstić information content (AvgIpc) is 3.18. The zero-order valence-electron chi connectivity index (χ0n) is 18.9. The van der Waals surface area contributed by atoms with Crippen LogP contribution in [0.3, 0.4) is 0 Å². The minimum Gasteiger partial charge on any atom is -0.444 e. The molecule has 0 unspecified atom stereocenters. The second-order valence-electron chi connectivity index (χ2n) is 8.87. The van der Waals surface area contributed by atoms with Crippen molar-refractivity contribution in [2.75, 3.05) is 17.7 Å². The second kappa shape index (κ2) is 9.30. The van der Waals surface area contributed by atoms with E-state index < -0.39 is 35.0 Å². The van der Waals surface area contributed by atoms with Gasteiger partial charge in [0.2, 0.25) is 0 Å². The molecular weight excluding hydrogens is 466 g/mol. The van der Waals surface area contributed by atoms with Crippen molar-refractivity contribution < 1.29 is 27.8 Å². The highest BCUT2D eigenvalue weighted by Crippen LogP contribution is 2.48. The number of pyridine rings is 1. The Bertz CT molecular complexity index is 1150. The number of thioether (sulfide) groups is 1. The number of amidine groups is 1. The molecule has 4 rings (SSSR count). The minimum atomic E-state index is -1.38. The molecule has 34 heavy (non-hydrogen) atoms. The molecule has 2 atom stereocenters. The van der Waals surface area contributed by atoms with E-state index in [-0.39, 0.29) is 28.0 Å². The first-order valence-corrected chi connectivity index (χ1v) is 11.6. The standard InChI is InChI=1S/C23H24F2N4O4S/c1-22(2,3)33-21(31)28-20-29-23(13(12-34-20)8-10-32-23)15-11-14(6-7-16(15)24)27-19(30)18-17(25)5-4-9-26-18/h4-7,9,11,13H,8,10,12H2,1-3H3,(H,27,30)(H,28,29,31)/t13-,23+/m1/s1. The Hall–Kier alpha value is -3.05. The summed E-state index contributed by atoms with van der Waals surface area (Å²) in [6.45, 7) is 5.58. The second-order valence-corrected chi connectivity index (χ2v) is 9.88. The van der Waals surface area contributed by atoms with Gasteiger partial charge >= 0.3 is 6.09 Å². The Morgan fingerprint density at radius 1 is 1.21 bits per heavy atom. The lowest BCUT2D eigenvalue weighted by atomic mass is 9.89. The summed E-state index contributed by atoms with van der Waals surface area (Å²) in [5.74, 6) is -1.75. The Morgan fingerprint density at radius 3 is 2.74 bits per heavy atom. The lowest BCUT2D eigenvalue weighted by Crippen LogP contribution is -2.42. The largest absolute Gasteiger partial charge is 0.444 e. The molecule has 1 aromatic carbocycles. The zero-order valence-corrected chi connectivity index (χ0v) is 19.7. The van der Waals surface area contributed by atoms with Crippen molar-refractivity contribution in [3.05, 3.63) is 59.4 Å². The van der Waals surface area contributed by atoms with Crippen LogP contribution in [0.2, 0.25) is 0 Å². The predicted molar refractivity (Wildman–Crippen MR) is 124 cm³/mol. The molecule has 180 valence electrons. The van der Waals surface area contributed by atoms with Gasteiger partial charge in [-0.05, 0) is 57.5 Å². The number of fused-ring (bicyclic) bond motifs is 1. The van der Waals surface area contributed by atoms with Crippen LogP contribution in [0.25, 0.3) is 0 Å². The SMILES string of the molecule is CC(C)(C)OC(=O)NC1=N[C@]2(c3cc(NC(=O)c4ncccc4F)ccc3F)OCC[C@@H]2CS1. The van der Waals surface area contributed by atoms with Gasteiger partial charge in [0, 0.05) is 29.1 Å². The summed E-state index contributed by atoms with van der Waals surface area (Å²) in [6.07, 6.45) is 1.27. The predicted octanol–water partition coefficient (Wildman–Crippen LogP) is 4.43. The van der Waals surface area contributed by atoms with Gasteiger partial charge in [-0.2, -0.15) is 0 Å². The molecule has 0 spiro atoms. The first-order valence-electron chi connectivity index (χ1n) is 10.7. The van der Waals surface area contributed by atoms with Crippen molar-refractivity contribution in [3.63, 3.8) is 0 Å². The third-order valence-electron chi connectivity index (χ3n) is 5.22. The van der Waals surface area contributed by atoms with Crippen LogP contribution in [0.5, 0.6) is 0 Å². The molecule has 11 heteroatoms. The van der Waals surface area contributed by atoms with Crippen LogP contribution < -0.4 is 10.6 Å². The summed E-state index contributed by atoms with van der Waals surface area (Å²) in [5, 5.41) is 5.40. The van der Waals surface area contributed by atoms with Gasteiger partial charge in [0.15, 0.2) is 22.4 Å². The zero-order chi connectivity index (χ0) is 24.5. The summed E-state index contributed by atoms with van der Waals surface area (Å²) in [6, 6.07) is 6.46. The Kier molecular flexibility index (Phi) is 6.59. The van der Waals surface area contributed by atoms with Crippen LogP contribution in [0, 0.1) is 17.6 Å². The molecule has 3 heterocycles. The summed E-state index contributed by atoms with van der Waals surface area (Å²) in [4.78, 5) is 33.1. The number of ether oxygens (including phenoxy) is 2. The van der Waals surface area contributed by atoms with E-state index in [0.717, 1.165) is 6.07 Å². The van der Waals surface area contributed by atoms with Crippen molar-refractivity contribution in [1.29, 1.82) is 0 Å². The minimum absolute atomic E-state index is 0.109. The number of hydrogen-bond donors (Lipinski definition) is 2. The molecule has 0 aliphatic carbocycles. The molecule has 8 nitrogen and oxygen atoms in total. The molecule has 2 aliphatic heterocycles. The summed E-state index contributed by atoms with van der Waals surface area (Å²) in [7, 11) is 0. The van der Waals surface area contributed by atoms with E-state index in [2.05, 4.69) is 20.6 Å². The van der Waals surface area contributed by atoms with Gasteiger partial charge in [0.05, 0.1) is 6.61 Å². The number of benzene rings is 1. The van der Waals surface area contributed by atoms with Gasteiger partial charge in [-0.3, -0.25) is 10.1 Å². The lowest BCUT2D eigenvalue weighted by molar-refractivity contribution is -0.0173. The highest BCUT2D eigenvalue weighted by atomic mass is 32.2. The first-order chi connectivity index (χ1) is 16.1. The van der Waals surface area contributed by atoms with Gasteiger partial charge in [-0.1, -0.05) is 11.8 Å². The fourth-order valence-electron chi connectivity index (χ4n) is 3.79. The van der Waals surface area contributed by atoms with Crippen molar-refractivity contribution in [1.82, 2.24) is 10.3 Å². The molecule has 0 saturated carbocycles. The quantitative estimate of drug-likeness (QED) is 0.660. The van der Waals surface area contributed by atoms with Crippen LogP contribution in [-0.4, -0.2) is 40.1 Å². The average molecular weight is 491 g/mol. The van der Waals surface area contributed by atoms with Crippen LogP contribution in [0.15, 0.2) is 41.5 Å². The molecule has 2 amide bonds. The number of nitrogens with zero attached hydrogens (tertiary/aromatic N) is 2. The monoisotopic (exact) mass is 490 g/mol.